The van der Waals surface area contributed by atoms with Crippen LogP contribution >= 0.6 is 0 Å². The second-order valence-electron chi connectivity index (χ2n) is 10.7. The zero-order valence-corrected chi connectivity index (χ0v) is 22.9. The molecule has 0 spiro atoms. The number of terminal acetylenes is 1. The van der Waals surface area contributed by atoms with E-state index >= 15 is 0 Å². The number of carbonyl (C=O) groups is 3. The average molecular weight is 514 g/mol. The normalized spacial score (nSPS) is 16.6. The Labute approximate surface area is 221 Å². The van der Waals surface area contributed by atoms with Crippen molar-refractivity contribution in [2.45, 2.75) is 96.9 Å². The fraction of sp³-hybridized carbons (Fsp3) is 0.621. The van der Waals surface area contributed by atoms with Gasteiger partial charge in [-0.3, -0.25) is 9.59 Å². The predicted octanol–water partition coefficient (Wildman–Crippen LogP) is 3.92. The summed E-state index contributed by atoms with van der Waals surface area (Å²) in [5, 5.41) is 15.8. The van der Waals surface area contributed by atoms with Crippen LogP contribution in [0.25, 0.3) is 0 Å². The van der Waals surface area contributed by atoms with E-state index in [1.165, 1.54) is 4.90 Å². The van der Waals surface area contributed by atoms with Gasteiger partial charge in [0.05, 0.1) is 6.61 Å². The molecule has 8 nitrogen and oxygen atoms in total. The zero-order chi connectivity index (χ0) is 27.6. The molecule has 1 aromatic carbocycles. The Morgan fingerprint density at radius 2 is 1.84 bits per heavy atom. The molecule has 1 aliphatic carbocycles. The molecule has 3 N–H and O–H groups in total. The summed E-state index contributed by atoms with van der Waals surface area (Å²) in [4.78, 5) is 41.9. The molecule has 1 aliphatic rings. The lowest BCUT2D eigenvalue weighted by atomic mass is 9.92. The van der Waals surface area contributed by atoms with Crippen molar-refractivity contribution in [3.8, 4) is 12.3 Å². The van der Waals surface area contributed by atoms with E-state index in [0.29, 0.717) is 17.5 Å². The number of nitrogens with one attached hydrogen (secondary N) is 2. The fourth-order valence-corrected chi connectivity index (χ4v) is 4.62. The van der Waals surface area contributed by atoms with Crippen molar-refractivity contribution >= 4 is 17.9 Å². The van der Waals surface area contributed by atoms with Crippen molar-refractivity contribution in [1.29, 1.82) is 0 Å². The van der Waals surface area contributed by atoms with Crippen molar-refractivity contribution in [2.75, 3.05) is 13.2 Å². The van der Waals surface area contributed by atoms with Crippen molar-refractivity contribution in [2.24, 2.45) is 5.92 Å². The number of alkyl carbamates (subject to hydrolysis) is 1. The number of carbonyl (C=O) groups excluding carboxylic acids is 3. The van der Waals surface area contributed by atoms with E-state index in [2.05, 4.69) is 16.6 Å². The monoisotopic (exact) mass is 513 g/mol. The molecule has 3 atom stereocenters. The summed E-state index contributed by atoms with van der Waals surface area (Å²) in [6.45, 7) is 8.52. The standard InChI is InChI=1S/C29H43N3O5/c1-7-20(3)24(31-28(36)37-29(4,5)6)27(35)32(18-19-33)25(23-17-13-12-14-21(23)8-2)26(34)30-22-15-10-9-11-16-22/h2,12-14,17,20,22,24-25,33H,7,9-11,15-16,18-19H2,1,3-6H3,(H,30,34)(H,31,36). The molecule has 0 aliphatic heterocycles. The maximum Gasteiger partial charge on any atom is 0.408 e. The van der Waals surface area contributed by atoms with E-state index < -0.39 is 29.7 Å². The third-order valence-electron chi connectivity index (χ3n) is 6.70. The lowest BCUT2D eigenvalue weighted by Crippen LogP contribution is -2.56. The van der Waals surface area contributed by atoms with Gasteiger partial charge in [-0.1, -0.05) is 63.7 Å². The maximum atomic E-state index is 14.1. The van der Waals surface area contributed by atoms with Gasteiger partial charge in [0.15, 0.2) is 0 Å². The van der Waals surface area contributed by atoms with Gasteiger partial charge in [-0.2, -0.15) is 0 Å². The average Bonchev–Trinajstić information content (AvgIpc) is 2.86. The molecule has 0 saturated heterocycles. The second-order valence-corrected chi connectivity index (χ2v) is 10.7. The van der Waals surface area contributed by atoms with Crippen LogP contribution in [0, 0.1) is 18.3 Å². The van der Waals surface area contributed by atoms with Gasteiger partial charge < -0.3 is 25.4 Å². The summed E-state index contributed by atoms with van der Waals surface area (Å²) in [6.07, 6.45) is 10.6. The summed E-state index contributed by atoms with van der Waals surface area (Å²) >= 11 is 0. The van der Waals surface area contributed by atoms with E-state index in [4.69, 9.17) is 11.2 Å². The molecule has 2 rings (SSSR count). The highest BCUT2D eigenvalue weighted by Crippen LogP contribution is 2.28. The van der Waals surface area contributed by atoms with Gasteiger partial charge in [0.2, 0.25) is 11.8 Å². The number of rotatable bonds is 10. The Morgan fingerprint density at radius 1 is 1.19 bits per heavy atom. The Balaban J connectivity index is 2.50. The smallest absolute Gasteiger partial charge is 0.408 e. The quantitative estimate of drug-likeness (QED) is 0.411. The Bertz CT molecular complexity index is 959. The summed E-state index contributed by atoms with van der Waals surface area (Å²) in [7, 11) is 0. The highest BCUT2D eigenvalue weighted by molar-refractivity contribution is 5.92. The molecule has 204 valence electrons. The van der Waals surface area contributed by atoms with Gasteiger partial charge >= 0.3 is 6.09 Å². The van der Waals surface area contributed by atoms with Crippen LogP contribution in [0.3, 0.4) is 0 Å². The lowest BCUT2D eigenvalue weighted by molar-refractivity contribution is -0.144. The molecule has 0 radical (unpaired) electrons. The van der Waals surface area contributed by atoms with Gasteiger partial charge in [0.25, 0.3) is 0 Å². The predicted molar refractivity (Wildman–Crippen MR) is 144 cm³/mol. The number of aliphatic hydroxyl groups excluding tert-OH is 1. The van der Waals surface area contributed by atoms with E-state index in [1.54, 1.807) is 45.0 Å². The lowest BCUT2D eigenvalue weighted by Gasteiger charge is -2.37. The molecular formula is C29H43N3O5. The summed E-state index contributed by atoms with van der Waals surface area (Å²) in [5.41, 5.74) is 0.244. The van der Waals surface area contributed by atoms with Crippen LogP contribution < -0.4 is 10.6 Å². The minimum Gasteiger partial charge on any atom is -0.444 e. The topological polar surface area (TPSA) is 108 Å². The second kappa shape index (κ2) is 14.0. The van der Waals surface area contributed by atoms with Crippen LogP contribution in [-0.4, -0.2) is 58.8 Å². The molecule has 1 saturated carbocycles. The molecular weight excluding hydrogens is 470 g/mol. The number of benzene rings is 1. The highest BCUT2D eigenvalue weighted by Gasteiger charge is 2.39. The Hall–Kier alpha value is -3.05. The largest absolute Gasteiger partial charge is 0.444 e. The summed E-state index contributed by atoms with van der Waals surface area (Å²) < 4.78 is 5.41. The van der Waals surface area contributed by atoms with Gasteiger partial charge in [0.1, 0.15) is 17.7 Å². The molecule has 0 heterocycles. The number of ether oxygens (including phenoxy) is 1. The molecule has 3 unspecified atom stereocenters. The van der Waals surface area contributed by atoms with Crippen molar-refractivity contribution < 1.29 is 24.2 Å². The van der Waals surface area contributed by atoms with Crippen molar-refractivity contribution in [3.05, 3.63) is 35.4 Å². The zero-order valence-electron chi connectivity index (χ0n) is 22.9. The van der Waals surface area contributed by atoms with E-state index in [-0.39, 0.29) is 31.0 Å². The number of aliphatic hydroxyl groups is 1. The van der Waals surface area contributed by atoms with Gasteiger partial charge in [0, 0.05) is 18.2 Å². The van der Waals surface area contributed by atoms with Crippen molar-refractivity contribution in [3.63, 3.8) is 0 Å². The number of nitrogens with zero attached hydrogens (tertiary/aromatic N) is 1. The third kappa shape index (κ3) is 8.78. The third-order valence-corrected chi connectivity index (χ3v) is 6.70. The molecule has 1 aromatic rings. The Morgan fingerprint density at radius 3 is 2.41 bits per heavy atom. The first kappa shape index (κ1) is 30.2. The summed E-state index contributed by atoms with van der Waals surface area (Å²) in [6, 6.07) is 4.98. The minimum atomic E-state index is -1.07. The van der Waals surface area contributed by atoms with Gasteiger partial charge in [-0.15, -0.1) is 6.42 Å². The van der Waals surface area contributed by atoms with Crippen LogP contribution in [0.2, 0.25) is 0 Å². The molecule has 0 aromatic heterocycles. The SMILES string of the molecule is C#Cc1ccccc1C(C(=O)NC1CCCCC1)N(CCO)C(=O)C(NC(=O)OC(C)(C)C)C(C)CC. The molecule has 8 heteroatoms. The fourth-order valence-electron chi connectivity index (χ4n) is 4.62. The van der Waals surface area contributed by atoms with Crippen molar-refractivity contribution in [1.82, 2.24) is 15.5 Å². The van der Waals surface area contributed by atoms with Crippen LogP contribution in [0.1, 0.15) is 90.3 Å². The van der Waals surface area contributed by atoms with Crippen LogP contribution in [0.4, 0.5) is 4.79 Å². The van der Waals surface area contributed by atoms with Crippen LogP contribution in [0.15, 0.2) is 24.3 Å². The summed E-state index contributed by atoms with van der Waals surface area (Å²) in [5.74, 6) is 1.53. The maximum absolute atomic E-state index is 14.1. The first-order valence-electron chi connectivity index (χ1n) is 13.3. The molecule has 3 amide bonds. The van der Waals surface area contributed by atoms with E-state index in [1.807, 2.05) is 13.8 Å². The van der Waals surface area contributed by atoms with Crippen LogP contribution in [-0.2, 0) is 14.3 Å². The molecule has 37 heavy (non-hydrogen) atoms. The van der Waals surface area contributed by atoms with E-state index in [0.717, 1.165) is 32.1 Å². The highest BCUT2D eigenvalue weighted by atomic mass is 16.6. The van der Waals surface area contributed by atoms with Crippen LogP contribution in [0.5, 0.6) is 0 Å². The number of hydrogen-bond donors (Lipinski definition) is 3. The first-order valence-corrected chi connectivity index (χ1v) is 13.3. The van der Waals surface area contributed by atoms with Gasteiger partial charge in [-0.25, -0.2) is 4.79 Å². The van der Waals surface area contributed by atoms with E-state index in [9.17, 15) is 19.5 Å². The molecule has 1 fully saturated rings. The number of amides is 3. The Kier molecular flexibility index (Phi) is 11.4. The molecule has 0 bridgehead atoms. The minimum absolute atomic E-state index is 0.0121. The number of hydrogen-bond acceptors (Lipinski definition) is 5. The van der Waals surface area contributed by atoms with Gasteiger partial charge in [-0.05, 0) is 51.2 Å². The first-order chi connectivity index (χ1) is 17.5.